The van der Waals surface area contributed by atoms with Crippen molar-refractivity contribution in [3.8, 4) is 0 Å². The highest BCUT2D eigenvalue weighted by Crippen LogP contribution is 2.24. The number of nitrogens with one attached hydrogen (secondary N) is 1. The molecule has 0 aliphatic rings. The van der Waals surface area contributed by atoms with Crippen molar-refractivity contribution >= 4 is 57.5 Å². The van der Waals surface area contributed by atoms with E-state index in [4.69, 9.17) is 11.6 Å². The summed E-state index contributed by atoms with van der Waals surface area (Å²) in [5, 5.41) is 11.5. The fourth-order valence-corrected chi connectivity index (χ4v) is 3.09. The molecule has 0 atom stereocenters. The summed E-state index contributed by atoms with van der Waals surface area (Å²) in [4.78, 5) is 20.3. The van der Waals surface area contributed by atoms with Gasteiger partial charge in [-0.3, -0.25) is 10.1 Å². The van der Waals surface area contributed by atoms with Crippen molar-refractivity contribution in [2.24, 2.45) is 0 Å². The van der Waals surface area contributed by atoms with E-state index in [9.17, 15) is 4.79 Å². The van der Waals surface area contributed by atoms with Crippen LogP contribution < -0.4 is 5.32 Å². The van der Waals surface area contributed by atoms with Crippen LogP contribution in [0.4, 0.5) is 5.13 Å². The number of hydrogen-bond donors (Lipinski definition) is 1. The van der Waals surface area contributed by atoms with Crippen LogP contribution in [-0.2, 0) is 0 Å². The van der Waals surface area contributed by atoms with Gasteiger partial charge in [0.05, 0.1) is 11.2 Å². The number of halogens is 1. The largest absolute Gasteiger partial charge is 0.295 e. The average molecular weight is 348 g/mol. The summed E-state index contributed by atoms with van der Waals surface area (Å²) in [6, 6.07) is 0. The lowest BCUT2D eigenvalue weighted by Crippen LogP contribution is -2.15. The van der Waals surface area contributed by atoms with E-state index in [1.807, 2.05) is 13.2 Å². The van der Waals surface area contributed by atoms with E-state index in [0.29, 0.717) is 10.3 Å². The number of rotatable bonds is 5. The van der Waals surface area contributed by atoms with Gasteiger partial charge in [0.1, 0.15) is 0 Å². The second kappa shape index (κ2) is 7.21. The van der Waals surface area contributed by atoms with Gasteiger partial charge in [-0.1, -0.05) is 53.4 Å². The maximum Gasteiger partial charge on any atom is 0.277 e. The molecule has 0 aliphatic heterocycles. The number of carbonyl (C=O) groups is 1. The fraction of sp³-hybridized carbons (Fsp3) is 0.300. The number of nitrogens with zero attached hydrogens (tertiary/aromatic N) is 4. The molecule has 6 nitrogen and oxygen atoms in total. The van der Waals surface area contributed by atoms with Crippen molar-refractivity contribution in [2.45, 2.75) is 16.4 Å². The lowest BCUT2D eigenvalue weighted by Gasteiger charge is -2.04. The lowest BCUT2D eigenvalue weighted by atomic mass is 10.4. The van der Waals surface area contributed by atoms with Crippen molar-refractivity contribution in [2.75, 3.05) is 17.3 Å². The molecule has 0 bridgehead atoms. The first kappa shape index (κ1) is 15.5. The normalized spacial score (nSPS) is 10.6. The third-order valence-electron chi connectivity index (χ3n) is 2.01. The number of aromatic nitrogens is 4. The Balaban J connectivity index is 2.17. The predicted octanol–water partition coefficient (Wildman–Crippen LogP) is 3.07. The zero-order valence-electron chi connectivity index (χ0n) is 10.6. The predicted molar refractivity (Wildman–Crippen MR) is 83.1 cm³/mol. The van der Waals surface area contributed by atoms with Gasteiger partial charge in [0.15, 0.2) is 15.2 Å². The van der Waals surface area contributed by atoms with Crippen LogP contribution in [0.3, 0.4) is 0 Å². The standard InChI is InChI=1S/C10H10ClN5OS3/c1-3-19-8-12-4-5(11)6(13-8)7(17)14-9-15-16-10(18-2)20-9/h4H,3H2,1-2H3,(H,14,15,17). The minimum absolute atomic E-state index is 0.138. The molecule has 10 heteroatoms. The highest BCUT2D eigenvalue weighted by atomic mass is 35.5. The van der Waals surface area contributed by atoms with E-state index in [2.05, 4.69) is 25.5 Å². The molecule has 106 valence electrons. The molecule has 2 rings (SSSR count). The van der Waals surface area contributed by atoms with Gasteiger partial charge in [-0.2, -0.15) is 0 Å². The van der Waals surface area contributed by atoms with E-state index < -0.39 is 5.91 Å². The third kappa shape index (κ3) is 3.81. The SMILES string of the molecule is CCSc1ncc(Cl)c(C(=O)Nc2nnc(SC)s2)n1. The molecular formula is C10H10ClN5OS3. The molecule has 0 spiro atoms. The van der Waals surface area contributed by atoms with Crippen molar-refractivity contribution in [3.05, 3.63) is 16.9 Å². The second-order valence-electron chi connectivity index (χ2n) is 3.31. The zero-order valence-corrected chi connectivity index (χ0v) is 13.8. The van der Waals surface area contributed by atoms with Crippen LogP contribution in [0.15, 0.2) is 15.7 Å². The number of carbonyl (C=O) groups excluding carboxylic acids is 1. The van der Waals surface area contributed by atoms with Crippen LogP contribution in [0.1, 0.15) is 17.4 Å². The Kier molecular flexibility index (Phi) is 5.58. The Morgan fingerprint density at radius 1 is 1.50 bits per heavy atom. The molecule has 1 amide bonds. The molecule has 0 radical (unpaired) electrons. The molecule has 2 heterocycles. The molecule has 0 aliphatic carbocycles. The van der Waals surface area contributed by atoms with Crippen LogP contribution in [0.25, 0.3) is 0 Å². The Morgan fingerprint density at radius 3 is 2.95 bits per heavy atom. The first-order valence-electron chi connectivity index (χ1n) is 5.48. The van der Waals surface area contributed by atoms with Crippen LogP contribution >= 0.6 is 46.5 Å². The van der Waals surface area contributed by atoms with Gasteiger partial charge < -0.3 is 0 Å². The van der Waals surface area contributed by atoms with Gasteiger partial charge in [0.25, 0.3) is 5.91 Å². The molecule has 1 N–H and O–H groups in total. The summed E-state index contributed by atoms with van der Waals surface area (Å²) in [5.74, 6) is 0.398. The quantitative estimate of drug-likeness (QED) is 0.505. The van der Waals surface area contributed by atoms with Gasteiger partial charge in [-0.05, 0) is 12.0 Å². The number of amides is 1. The van der Waals surface area contributed by atoms with Gasteiger partial charge in [-0.15, -0.1) is 10.2 Å². The molecule has 0 fully saturated rings. The molecule has 0 saturated carbocycles. The van der Waals surface area contributed by atoms with Gasteiger partial charge >= 0.3 is 0 Å². The van der Waals surface area contributed by atoms with Crippen LogP contribution in [-0.4, -0.2) is 38.1 Å². The smallest absolute Gasteiger partial charge is 0.277 e. The summed E-state index contributed by atoms with van der Waals surface area (Å²) in [7, 11) is 0. The summed E-state index contributed by atoms with van der Waals surface area (Å²) < 4.78 is 0.774. The number of thioether (sulfide) groups is 2. The van der Waals surface area contributed by atoms with Crippen LogP contribution in [0.5, 0.6) is 0 Å². The minimum atomic E-state index is -0.417. The highest BCUT2D eigenvalue weighted by Gasteiger charge is 2.16. The van der Waals surface area contributed by atoms with Crippen molar-refractivity contribution in [1.29, 1.82) is 0 Å². The third-order valence-corrected chi connectivity index (χ3v) is 4.85. The van der Waals surface area contributed by atoms with Crippen LogP contribution in [0.2, 0.25) is 5.02 Å². The molecule has 0 saturated heterocycles. The van der Waals surface area contributed by atoms with Gasteiger partial charge in [0, 0.05) is 0 Å². The minimum Gasteiger partial charge on any atom is -0.295 e. The zero-order chi connectivity index (χ0) is 14.5. The first-order valence-corrected chi connectivity index (χ1v) is 8.88. The summed E-state index contributed by atoms with van der Waals surface area (Å²) in [6.07, 6.45) is 3.32. The Morgan fingerprint density at radius 2 is 2.30 bits per heavy atom. The fourth-order valence-electron chi connectivity index (χ4n) is 1.21. The van der Waals surface area contributed by atoms with Crippen molar-refractivity contribution in [3.63, 3.8) is 0 Å². The summed E-state index contributed by atoms with van der Waals surface area (Å²) >= 11 is 10.2. The molecule has 0 unspecified atom stereocenters. The van der Waals surface area contributed by atoms with E-state index in [1.54, 1.807) is 0 Å². The molecule has 2 aromatic rings. The Bertz CT molecular complexity index is 621. The monoisotopic (exact) mass is 347 g/mol. The van der Waals surface area contributed by atoms with E-state index >= 15 is 0 Å². The second-order valence-corrected chi connectivity index (χ2v) is 6.98. The van der Waals surface area contributed by atoms with Crippen molar-refractivity contribution < 1.29 is 4.79 Å². The Hall–Kier alpha value is -0.900. The van der Waals surface area contributed by atoms with Gasteiger partial charge in [0.2, 0.25) is 5.13 Å². The molecular weight excluding hydrogens is 338 g/mol. The maximum absolute atomic E-state index is 12.1. The average Bonchev–Trinajstić information content (AvgIpc) is 2.88. The van der Waals surface area contributed by atoms with E-state index in [-0.39, 0.29) is 10.7 Å². The first-order chi connectivity index (χ1) is 9.63. The number of anilines is 1. The van der Waals surface area contributed by atoms with E-state index in [1.165, 1.54) is 41.1 Å². The Labute approximate surface area is 133 Å². The summed E-state index contributed by atoms with van der Waals surface area (Å²) in [5.41, 5.74) is 0.138. The van der Waals surface area contributed by atoms with Crippen molar-refractivity contribution in [1.82, 2.24) is 20.2 Å². The maximum atomic E-state index is 12.1. The molecule has 0 aromatic carbocycles. The molecule has 2 aromatic heterocycles. The topological polar surface area (TPSA) is 80.7 Å². The van der Waals surface area contributed by atoms with Gasteiger partial charge in [-0.25, -0.2) is 9.97 Å². The highest BCUT2D eigenvalue weighted by molar-refractivity contribution is 8.00. The van der Waals surface area contributed by atoms with E-state index in [0.717, 1.165) is 10.1 Å². The summed E-state index contributed by atoms with van der Waals surface area (Å²) in [6.45, 7) is 1.98. The number of hydrogen-bond acceptors (Lipinski definition) is 8. The molecule has 20 heavy (non-hydrogen) atoms. The van der Waals surface area contributed by atoms with Crippen LogP contribution in [0, 0.1) is 0 Å². The lowest BCUT2D eigenvalue weighted by molar-refractivity contribution is 0.102.